The molecule has 1 aliphatic rings. The molecular weight excluding hydrogens is 254 g/mol. The molecule has 0 radical (unpaired) electrons. The van der Waals surface area contributed by atoms with Crippen LogP contribution in [0.2, 0.25) is 0 Å². The standard InChI is InChI=1S/C12H15NO6/c1-18-12(17)7-3-2-6(4-13-7)11-10(16)9(15)8(5-14)19-11/h2-4,8-11,14-16H,5H2,1H3/t8-,9-,10-,11+/m1/s1. The van der Waals surface area contributed by atoms with Crippen LogP contribution >= 0.6 is 0 Å². The predicted octanol–water partition coefficient (Wildman–Crippen LogP) is -0.978. The number of hydrogen-bond donors (Lipinski definition) is 3. The first-order chi connectivity index (χ1) is 9.08. The average molecular weight is 269 g/mol. The normalized spacial score (nSPS) is 30.3. The highest BCUT2D eigenvalue weighted by Crippen LogP contribution is 2.33. The van der Waals surface area contributed by atoms with Gasteiger partial charge in [-0.3, -0.25) is 0 Å². The van der Waals surface area contributed by atoms with Gasteiger partial charge in [-0.25, -0.2) is 9.78 Å². The van der Waals surface area contributed by atoms with Crippen molar-refractivity contribution >= 4 is 5.97 Å². The quantitative estimate of drug-likeness (QED) is 0.605. The summed E-state index contributed by atoms with van der Waals surface area (Å²) in [5.41, 5.74) is 0.646. The first kappa shape index (κ1) is 13.9. The van der Waals surface area contributed by atoms with Gasteiger partial charge in [-0.2, -0.15) is 0 Å². The Kier molecular flexibility index (Phi) is 4.11. The maximum Gasteiger partial charge on any atom is 0.356 e. The fourth-order valence-corrected chi connectivity index (χ4v) is 1.97. The minimum atomic E-state index is -1.16. The second kappa shape index (κ2) is 5.62. The summed E-state index contributed by atoms with van der Waals surface area (Å²) in [6.45, 7) is -0.387. The molecule has 19 heavy (non-hydrogen) atoms. The second-order valence-corrected chi connectivity index (χ2v) is 4.23. The van der Waals surface area contributed by atoms with E-state index in [0.29, 0.717) is 5.56 Å². The Morgan fingerprint density at radius 1 is 1.42 bits per heavy atom. The van der Waals surface area contributed by atoms with Gasteiger partial charge in [-0.15, -0.1) is 0 Å². The molecule has 3 N–H and O–H groups in total. The second-order valence-electron chi connectivity index (χ2n) is 4.23. The van der Waals surface area contributed by atoms with Crippen LogP contribution in [0.3, 0.4) is 0 Å². The van der Waals surface area contributed by atoms with E-state index in [1.807, 2.05) is 0 Å². The number of carbonyl (C=O) groups excluding carboxylic acids is 1. The first-order valence-electron chi connectivity index (χ1n) is 5.75. The van der Waals surface area contributed by atoms with Crippen LogP contribution in [-0.2, 0) is 9.47 Å². The summed E-state index contributed by atoms with van der Waals surface area (Å²) in [6.07, 6.45) is -2.56. The van der Waals surface area contributed by atoms with Crippen molar-refractivity contribution in [1.29, 1.82) is 0 Å². The highest BCUT2D eigenvalue weighted by Gasteiger charge is 2.43. The van der Waals surface area contributed by atoms with E-state index in [2.05, 4.69) is 9.72 Å². The van der Waals surface area contributed by atoms with Crippen LogP contribution in [0.4, 0.5) is 0 Å². The Morgan fingerprint density at radius 2 is 2.16 bits per heavy atom. The van der Waals surface area contributed by atoms with Crippen LogP contribution in [0.1, 0.15) is 22.2 Å². The van der Waals surface area contributed by atoms with Gasteiger partial charge in [0.25, 0.3) is 0 Å². The third kappa shape index (κ3) is 2.59. The molecule has 0 amide bonds. The van der Waals surface area contributed by atoms with Crippen LogP contribution in [0, 0.1) is 0 Å². The van der Waals surface area contributed by atoms with Crippen molar-refractivity contribution < 1.29 is 29.6 Å². The lowest BCUT2D eigenvalue weighted by Gasteiger charge is -2.14. The molecule has 0 spiro atoms. The molecule has 1 aliphatic heterocycles. The van der Waals surface area contributed by atoms with E-state index in [1.54, 1.807) is 6.07 Å². The Morgan fingerprint density at radius 3 is 2.63 bits per heavy atom. The van der Waals surface area contributed by atoms with E-state index in [4.69, 9.17) is 9.84 Å². The summed E-state index contributed by atoms with van der Waals surface area (Å²) in [6, 6.07) is 3.00. The molecule has 1 fully saturated rings. The molecule has 7 heteroatoms. The summed E-state index contributed by atoms with van der Waals surface area (Å²) in [5, 5.41) is 28.5. The number of aliphatic hydroxyl groups excluding tert-OH is 3. The van der Waals surface area contributed by atoms with Gasteiger partial charge in [0, 0.05) is 11.8 Å². The van der Waals surface area contributed by atoms with Crippen LogP contribution in [-0.4, -0.2) is 58.3 Å². The van der Waals surface area contributed by atoms with E-state index >= 15 is 0 Å². The van der Waals surface area contributed by atoms with Crippen molar-refractivity contribution in [1.82, 2.24) is 4.98 Å². The zero-order valence-electron chi connectivity index (χ0n) is 10.3. The van der Waals surface area contributed by atoms with Gasteiger partial charge in [0.15, 0.2) is 0 Å². The highest BCUT2D eigenvalue weighted by molar-refractivity contribution is 5.86. The average Bonchev–Trinajstić information content (AvgIpc) is 2.74. The van der Waals surface area contributed by atoms with Crippen LogP contribution in [0.25, 0.3) is 0 Å². The van der Waals surface area contributed by atoms with E-state index in [1.165, 1.54) is 19.4 Å². The molecule has 0 bridgehead atoms. The topological polar surface area (TPSA) is 109 Å². The molecule has 0 unspecified atom stereocenters. The largest absolute Gasteiger partial charge is 0.464 e. The molecule has 7 nitrogen and oxygen atoms in total. The lowest BCUT2D eigenvalue weighted by Crippen LogP contribution is -2.32. The molecule has 1 aromatic heterocycles. The number of aliphatic hydroxyl groups is 3. The summed E-state index contributed by atoms with van der Waals surface area (Å²) in [5.74, 6) is -0.562. The minimum absolute atomic E-state index is 0.137. The molecule has 0 aliphatic carbocycles. The SMILES string of the molecule is COC(=O)c1ccc([C@@H]2O[C@H](CO)[C@@H](O)[C@H]2O)cn1. The number of carbonyl (C=O) groups is 1. The molecule has 0 saturated carbocycles. The number of methoxy groups -OCH3 is 1. The van der Waals surface area contributed by atoms with Crippen molar-refractivity contribution in [2.45, 2.75) is 24.4 Å². The summed E-state index contributed by atoms with van der Waals surface area (Å²) >= 11 is 0. The van der Waals surface area contributed by atoms with Gasteiger partial charge < -0.3 is 24.8 Å². The fourth-order valence-electron chi connectivity index (χ4n) is 1.97. The zero-order valence-corrected chi connectivity index (χ0v) is 10.3. The molecule has 0 aromatic carbocycles. The summed E-state index contributed by atoms with van der Waals surface area (Å²) in [7, 11) is 1.25. The molecule has 1 aromatic rings. The third-order valence-electron chi connectivity index (χ3n) is 3.05. The summed E-state index contributed by atoms with van der Waals surface area (Å²) in [4.78, 5) is 15.1. The molecule has 1 saturated heterocycles. The monoisotopic (exact) mass is 269 g/mol. The van der Waals surface area contributed by atoms with Crippen LogP contribution in [0.5, 0.6) is 0 Å². The van der Waals surface area contributed by atoms with Crippen molar-refractivity contribution in [3.8, 4) is 0 Å². The predicted molar refractivity (Wildman–Crippen MR) is 62.3 cm³/mol. The maximum absolute atomic E-state index is 11.2. The van der Waals surface area contributed by atoms with Gasteiger partial charge in [-0.1, -0.05) is 6.07 Å². The van der Waals surface area contributed by atoms with Gasteiger partial charge in [0.1, 0.15) is 30.1 Å². The van der Waals surface area contributed by atoms with Crippen LogP contribution < -0.4 is 0 Å². The number of esters is 1. The minimum Gasteiger partial charge on any atom is -0.464 e. The Bertz CT molecular complexity index is 448. The van der Waals surface area contributed by atoms with Crippen molar-refractivity contribution in [2.75, 3.05) is 13.7 Å². The number of nitrogens with zero attached hydrogens (tertiary/aromatic N) is 1. The van der Waals surface area contributed by atoms with E-state index in [0.717, 1.165) is 0 Å². The summed E-state index contributed by atoms with van der Waals surface area (Å²) < 4.78 is 9.86. The van der Waals surface area contributed by atoms with Gasteiger partial charge in [0.05, 0.1) is 13.7 Å². The van der Waals surface area contributed by atoms with Crippen molar-refractivity contribution in [2.24, 2.45) is 0 Å². The van der Waals surface area contributed by atoms with Gasteiger partial charge >= 0.3 is 5.97 Å². The number of aromatic nitrogens is 1. The van der Waals surface area contributed by atoms with E-state index in [9.17, 15) is 15.0 Å². The molecule has 104 valence electrons. The Labute approximate surface area is 109 Å². The van der Waals surface area contributed by atoms with Crippen LogP contribution in [0.15, 0.2) is 18.3 Å². The van der Waals surface area contributed by atoms with E-state index < -0.39 is 30.4 Å². The zero-order chi connectivity index (χ0) is 14.0. The van der Waals surface area contributed by atoms with Gasteiger partial charge in [0.2, 0.25) is 0 Å². The highest BCUT2D eigenvalue weighted by atomic mass is 16.6. The number of pyridine rings is 1. The lowest BCUT2D eigenvalue weighted by atomic mass is 10.0. The lowest BCUT2D eigenvalue weighted by molar-refractivity contribution is -0.0228. The molecular formula is C12H15NO6. The maximum atomic E-state index is 11.2. The van der Waals surface area contributed by atoms with Crippen molar-refractivity contribution in [3.63, 3.8) is 0 Å². The number of rotatable bonds is 3. The van der Waals surface area contributed by atoms with Crippen molar-refractivity contribution in [3.05, 3.63) is 29.6 Å². The molecule has 2 heterocycles. The molecule has 4 atom stereocenters. The first-order valence-corrected chi connectivity index (χ1v) is 5.75. The third-order valence-corrected chi connectivity index (χ3v) is 3.05. The molecule has 2 rings (SSSR count). The fraction of sp³-hybridized carbons (Fsp3) is 0.500. The van der Waals surface area contributed by atoms with E-state index in [-0.39, 0.29) is 12.3 Å². The number of ether oxygens (including phenoxy) is 2. The Balaban J connectivity index is 2.17. The van der Waals surface area contributed by atoms with Gasteiger partial charge in [-0.05, 0) is 6.07 Å². The Hall–Kier alpha value is -1.54. The number of hydrogen-bond acceptors (Lipinski definition) is 7. The smallest absolute Gasteiger partial charge is 0.356 e.